The average molecular weight is 278 g/mol. The number of hydrogen-bond acceptors (Lipinski definition) is 1. The predicted molar refractivity (Wildman–Crippen MR) is 93.7 cm³/mol. The van der Waals surface area contributed by atoms with Gasteiger partial charge in [-0.1, -0.05) is 38.8 Å². The zero-order valence-corrected chi connectivity index (χ0v) is 12.8. The summed E-state index contributed by atoms with van der Waals surface area (Å²) in [7, 11) is 0. The molecule has 0 atom stereocenters. The Morgan fingerprint density at radius 3 is 2.57 bits per heavy atom. The monoisotopic (exact) mass is 278 g/mol. The van der Waals surface area contributed by atoms with Crippen molar-refractivity contribution in [3.05, 3.63) is 72.6 Å². The van der Waals surface area contributed by atoms with E-state index in [2.05, 4.69) is 55.9 Å². The number of benzene rings is 1. The first-order chi connectivity index (χ1) is 9.97. The number of allylic oxidation sites excluding steroid dienone is 5. The Labute approximate surface area is 126 Å². The third kappa shape index (κ3) is 2.84. The van der Waals surface area contributed by atoms with Crippen LogP contribution in [0.5, 0.6) is 0 Å². The highest BCUT2D eigenvalue weighted by molar-refractivity contribution is 5.90. The molecule has 0 saturated heterocycles. The lowest BCUT2D eigenvalue weighted by molar-refractivity contribution is 1.25. The van der Waals surface area contributed by atoms with Crippen LogP contribution in [-0.4, -0.2) is 4.98 Å². The van der Waals surface area contributed by atoms with Crippen molar-refractivity contribution in [2.75, 3.05) is 0 Å². The van der Waals surface area contributed by atoms with Crippen molar-refractivity contribution in [3.8, 4) is 0 Å². The number of aromatic amines is 1. The van der Waals surface area contributed by atoms with Gasteiger partial charge in [-0.25, -0.2) is 0 Å². The Kier molecular flexibility index (Phi) is 4.18. The van der Waals surface area contributed by atoms with E-state index in [9.17, 15) is 0 Å². The van der Waals surface area contributed by atoms with Gasteiger partial charge >= 0.3 is 0 Å². The molecule has 3 N–H and O–H groups in total. The summed E-state index contributed by atoms with van der Waals surface area (Å²) in [5.74, 6) is 0. The Balaban J connectivity index is 2.49. The molecular formula is C19H22N2. The fourth-order valence-corrected chi connectivity index (χ4v) is 2.39. The highest BCUT2D eigenvalue weighted by Gasteiger charge is 2.09. The van der Waals surface area contributed by atoms with Gasteiger partial charge in [0.25, 0.3) is 0 Å². The van der Waals surface area contributed by atoms with Crippen molar-refractivity contribution in [1.82, 2.24) is 4.98 Å². The maximum atomic E-state index is 5.88. The third-order valence-electron chi connectivity index (χ3n) is 3.73. The summed E-state index contributed by atoms with van der Waals surface area (Å²) in [6, 6.07) is 8.42. The Hall–Kier alpha value is -2.48. The minimum atomic E-state index is 0.716. The number of nitrogens with one attached hydrogen (secondary N) is 1. The van der Waals surface area contributed by atoms with Gasteiger partial charge in [0.1, 0.15) is 0 Å². The molecule has 0 unspecified atom stereocenters. The number of H-pyrrole nitrogens is 1. The van der Waals surface area contributed by atoms with E-state index in [1.807, 2.05) is 6.92 Å². The molecule has 2 rings (SSSR count). The molecule has 1 heterocycles. The van der Waals surface area contributed by atoms with Crippen molar-refractivity contribution in [1.29, 1.82) is 0 Å². The fraction of sp³-hybridized carbons (Fsp3) is 0.158. The van der Waals surface area contributed by atoms with Crippen LogP contribution in [0.1, 0.15) is 31.5 Å². The molecule has 0 spiro atoms. The molecule has 0 radical (unpaired) electrons. The van der Waals surface area contributed by atoms with Crippen molar-refractivity contribution in [2.24, 2.45) is 5.73 Å². The van der Waals surface area contributed by atoms with E-state index in [0.717, 1.165) is 39.7 Å². The molecule has 0 aliphatic heterocycles. The van der Waals surface area contributed by atoms with Crippen molar-refractivity contribution < 1.29 is 0 Å². The van der Waals surface area contributed by atoms with Crippen LogP contribution < -0.4 is 5.73 Å². The summed E-state index contributed by atoms with van der Waals surface area (Å²) in [5.41, 5.74) is 12.7. The van der Waals surface area contributed by atoms with Crippen molar-refractivity contribution in [2.45, 2.75) is 20.3 Å². The summed E-state index contributed by atoms with van der Waals surface area (Å²) in [6.07, 6.45) is 2.69. The number of hydrogen-bond donors (Lipinski definition) is 2. The first-order valence-corrected chi connectivity index (χ1v) is 7.07. The molecule has 0 aliphatic rings. The van der Waals surface area contributed by atoms with Gasteiger partial charge in [0.15, 0.2) is 0 Å². The van der Waals surface area contributed by atoms with E-state index < -0.39 is 0 Å². The second-order valence-corrected chi connectivity index (χ2v) is 5.22. The van der Waals surface area contributed by atoms with Crippen LogP contribution in [0.15, 0.2) is 61.3 Å². The summed E-state index contributed by atoms with van der Waals surface area (Å²) in [4.78, 5) is 3.38. The molecular weight excluding hydrogens is 256 g/mol. The molecule has 0 saturated carbocycles. The second kappa shape index (κ2) is 5.88. The number of aromatic nitrogens is 1. The number of rotatable bonds is 5. The van der Waals surface area contributed by atoms with Gasteiger partial charge < -0.3 is 10.7 Å². The second-order valence-electron chi connectivity index (χ2n) is 5.22. The average Bonchev–Trinajstić information content (AvgIpc) is 2.89. The van der Waals surface area contributed by atoms with Crippen LogP contribution in [-0.2, 0) is 0 Å². The fourth-order valence-electron chi connectivity index (χ4n) is 2.39. The van der Waals surface area contributed by atoms with Crippen LogP contribution in [0.4, 0.5) is 0 Å². The van der Waals surface area contributed by atoms with E-state index >= 15 is 0 Å². The Bertz CT molecular complexity index is 753. The van der Waals surface area contributed by atoms with E-state index in [-0.39, 0.29) is 0 Å². The first-order valence-electron chi connectivity index (χ1n) is 7.07. The maximum Gasteiger partial charge on any atom is 0.0465 e. The molecule has 1 aromatic carbocycles. The van der Waals surface area contributed by atoms with E-state index in [1.54, 1.807) is 6.08 Å². The molecule has 0 aliphatic carbocycles. The normalized spacial score (nSPS) is 12.1. The van der Waals surface area contributed by atoms with Gasteiger partial charge in [0.2, 0.25) is 0 Å². The van der Waals surface area contributed by atoms with Crippen LogP contribution in [0, 0.1) is 0 Å². The van der Waals surface area contributed by atoms with Crippen LogP contribution in [0.2, 0.25) is 0 Å². The lowest BCUT2D eigenvalue weighted by Gasteiger charge is -2.06. The number of fused-ring (bicyclic) bond motifs is 1. The minimum Gasteiger partial charge on any atom is -0.402 e. The maximum absolute atomic E-state index is 5.88. The van der Waals surface area contributed by atoms with Crippen molar-refractivity contribution >= 4 is 22.0 Å². The zero-order chi connectivity index (χ0) is 15.6. The third-order valence-corrected chi connectivity index (χ3v) is 3.73. The molecule has 2 aromatic rings. The molecule has 21 heavy (non-hydrogen) atoms. The molecule has 0 amide bonds. The van der Waals surface area contributed by atoms with Gasteiger partial charge in [-0.2, -0.15) is 0 Å². The van der Waals surface area contributed by atoms with Crippen molar-refractivity contribution in [3.63, 3.8) is 0 Å². The molecule has 2 heteroatoms. The molecule has 0 bridgehead atoms. The van der Waals surface area contributed by atoms with Crippen LogP contribution in [0.3, 0.4) is 0 Å². The topological polar surface area (TPSA) is 41.8 Å². The molecule has 108 valence electrons. The van der Waals surface area contributed by atoms with Gasteiger partial charge in [-0.3, -0.25) is 0 Å². The quantitative estimate of drug-likeness (QED) is 0.741. The van der Waals surface area contributed by atoms with E-state index in [1.165, 1.54) is 5.56 Å². The van der Waals surface area contributed by atoms with Crippen LogP contribution in [0.25, 0.3) is 22.0 Å². The van der Waals surface area contributed by atoms with Gasteiger partial charge in [-0.05, 0) is 48.3 Å². The Morgan fingerprint density at radius 1 is 1.29 bits per heavy atom. The predicted octanol–water partition coefficient (Wildman–Crippen LogP) is 5.02. The molecule has 0 fully saturated rings. The highest BCUT2D eigenvalue weighted by Crippen LogP contribution is 2.28. The SMILES string of the molecule is C=C/C(C(=C)c1cc2cc(C(=C)CC)ccc2[nH]1)=C(\C)N. The minimum absolute atomic E-state index is 0.716. The zero-order valence-electron chi connectivity index (χ0n) is 12.8. The summed E-state index contributed by atoms with van der Waals surface area (Å²) < 4.78 is 0. The van der Waals surface area contributed by atoms with Gasteiger partial charge in [0, 0.05) is 27.9 Å². The van der Waals surface area contributed by atoms with Crippen LogP contribution >= 0.6 is 0 Å². The largest absolute Gasteiger partial charge is 0.402 e. The van der Waals surface area contributed by atoms with Gasteiger partial charge in [-0.15, -0.1) is 0 Å². The molecule has 2 nitrogen and oxygen atoms in total. The lowest BCUT2D eigenvalue weighted by atomic mass is 10.0. The van der Waals surface area contributed by atoms with Gasteiger partial charge in [0.05, 0.1) is 0 Å². The first kappa shape index (κ1) is 14.9. The van der Waals surface area contributed by atoms with E-state index in [0.29, 0.717) is 5.70 Å². The number of nitrogens with two attached hydrogens (primary N) is 1. The smallest absolute Gasteiger partial charge is 0.0465 e. The summed E-state index contributed by atoms with van der Waals surface area (Å²) in [6.45, 7) is 16.0. The summed E-state index contributed by atoms with van der Waals surface area (Å²) in [5, 5.41) is 1.15. The highest BCUT2D eigenvalue weighted by atomic mass is 14.7. The van der Waals surface area contributed by atoms with E-state index in [4.69, 9.17) is 5.73 Å². The summed E-state index contributed by atoms with van der Waals surface area (Å²) >= 11 is 0. The molecule has 1 aromatic heterocycles. The lowest BCUT2D eigenvalue weighted by Crippen LogP contribution is -1.98. The standard InChI is InChI=1S/C19H22N2/c1-6-12(3)15-8-9-18-16(10-15)11-19(21-18)13(4)17(7-2)14(5)20/h7-11,21H,2-4,6,20H2,1,5H3/b17-14-. The Morgan fingerprint density at radius 2 is 2.00 bits per heavy atom.